The van der Waals surface area contributed by atoms with E-state index in [0.717, 1.165) is 16.5 Å². The van der Waals surface area contributed by atoms with Crippen molar-refractivity contribution in [1.82, 2.24) is 0 Å². The van der Waals surface area contributed by atoms with Gasteiger partial charge in [-0.25, -0.2) is 0 Å². The molecule has 4 heteroatoms. The van der Waals surface area contributed by atoms with Crippen molar-refractivity contribution >= 4 is 21.7 Å². The van der Waals surface area contributed by atoms with Crippen LogP contribution in [0.5, 0.6) is 0 Å². The summed E-state index contributed by atoms with van der Waals surface area (Å²) in [7, 11) is 0. The summed E-state index contributed by atoms with van der Waals surface area (Å²) in [6.45, 7) is 1.90. The fourth-order valence-corrected chi connectivity index (χ4v) is 2.25. The SMILES string of the molecule is O=C(COCc1cccc(Br)c1)C1CCOC1. The molecule has 0 spiro atoms. The van der Waals surface area contributed by atoms with E-state index in [1.165, 1.54) is 0 Å². The maximum absolute atomic E-state index is 11.7. The van der Waals surface area contributed by atoms with Crippen LogP contribution in [0.1, 0.15) is 12.0 Å². The smallest absolute Gasteiger partial charge is 0.163 e. The Labute approximate surface area is 109 Å². The van der Waals surface area contributed by atoms with Crippen molar-refractivity contribution in [1.29, 1.82) is 0 Å². The van der Waals surface area contributed by atoms with Crippen molar-refractivity contribution in [3.05, 3.63) is 34.3 Å². The van der Waals surface area contributed by atoms with Gasteiger partial charge in [-0.3, -0.25) is 4.79 Å². The molecule has 1 aliphatic heterocycles. The molecule has 3 nitrogen and oxygen atoms in total. The number of carbonyl (C=O) groups is 1. The second-order valence-electron chi connectivity index (χ2n) is 4.15. The van der Waals surface area contributed by atoms with Gasteiger partial charge in [-0.15, -0.1) is 0 Å². The normalized spacial score (nSPS) is 19.5. The summed E-state index contributed by atoms with van der Waals surface area (Å²) in [5.41, 5.74) is 1.06. The summed E-state index contributed by atoms with van der Waals surface area (Å²) < 4.78 is 11.6. The summed E-state index contributed by atoms with van der Waals surface area (Å²) in [5.74, 6) is 0.190. The molecule has 1 aliphatic rings. The van der Waals surface area contributed by atoms with Crippen LogP contribution in [0.2, 0.25) is 0 Å². The summed E-state index contributed by atoms with van der Waals surface area (Å²) in [5, 5.41) is 0. The largest absolute Gasteiger partial charge is 0.381 e. The highest BCUT2D eigenvalue weighted by Gasteiger charge is 2.23. The van der Waals surface area contributed by atoms with Crippen molar-refractivity contribution in [3.8, 4) is 0 Å². The fourth-order valence-electron chi connectivity index (χ4n) is 1.80. The number of Topliss-reactive ketones (excluding diaryl/α,β-unsaturated/α-hetero) is 1. The lowest BCUT2D eigenvalue weighted by molar-refractivity contribution is -0.127. The highest BCUT2D eigenvalue weighted by Crippen LogP contribution is 2.15. The molecule has 92 valence electrons. The molecular formula is C13H15BrO3. The maximum Gasteiger partial charge on any atom is 0.163 e. The molecule has 1 heterocycles. The standard InChI is InChI=1S/C13H15BrO3/c14-12-3-1-2-10(6-12)7-17-9-13(15)11-4-5-16-8-11/h1-3,6,11H,4-5,7-9H2. The van der Waals surface area contributed by atoms with E-state index in [2.05, 4.69) is 15.9 Å². The van der Waals surface area contributed by atoms with Crippen LogP contribution < -0.4 is 0 Å². The van der Waals surface area contributed by atoms with E-state index in [9.17, 15) is 4.79 Å². The minimum Gasteiger partial charge on any atom is -0.381 e. The number of ether oxygens (including phenoxy) is 2. The highest BCUT2D eigenvalue weighted by atomic mass is 79.9. The van der Waals surface area contributed by atoms with Crippen LogP contribution in [-0.4, -0.2) is 25.6 Å². The van der Waals surface area contributed by atoms with Crippen LogP contribution in [0.4, 0.5) is 0 Å². The summed E-state index contributed by atoms with van der Waals surface area (Å²) in [4.78, 5) is 11.7. The van der Waals surface area contributed by atoms with Crippen molar-refractivity contribution in [2.24, 2.45) is 5.92 Å². The number of halogens is 1. The van der Waals surface area contributed by atoms with Gasteiger partial charge in [0.1, 0.15) is 6.61 Å². The maximum atomic E-state index is 11.7. The van der Waals surface area contributed by atoms with Gasteiger partial charge in [-0.05, 0) is 24.1 Å². The number of rotatable bonds is 5. The predicted octanol–water partition coefficient (Wildman–Crippen LogP) is 2.57. The highest BCUT2D eigenvalue weighted by molar-refractivity contribution is 9.10. The predicted molar refractivity (Wildman–Crippen MR) is 67.7 cm³/mol. The molecular weight excluding hydrogens is 284 g/mol. The zero-order valence-corrected chi connectivity index (χ0v) is 11.1. The molecule has 0 amide bonds. The quantitative estimate of drug-likeness (QED) is 0.838. The molecule has 2 rings (SSSR count). The second-order valence-corrected chi connectivity index (χ2v) is 5.07. The van der Waals surface area contributed by atoms with E-state index in [1.54, 1.807) is 0 Å². The van der Waals surface area contributed by atoms with Gasteiger partial charge in [0.15, 0.2) is 5.78 Å². The van der Waals surface area contributed by atoms with Gasteiger partial charge < -0.3 is 9.47 Å². The van der Waals surface area contributed by atoms with Gasteiger partial charge in [-0.2, -0.15) is 0 Å². The van der Waals surface area contributed by atoms with Gasteiger partial charge in [0.2, 0.25) is 0 Å². The molecule has 0 bridgehead atoms. The molecule has 0 radical (unpaired) electrons. The van der Waals surface area contributed by atoms with Gasteiger partial charge in [0, 0.05) is 17.0 Å². The molecule has 0 aromatic heterocycles. The number of benzene rings is 1. The molecule has 17 heavy (non-hydrogen) atoms. The lowest BCUT2D eigenvalue weighted by Crippen LogP contribution is -2.19. The first kappa shape index (κ1) is 12.7. The third kappa shape index (κ3) is 3.91. The van der Waals surface area contributed by atoms with Crippen molar-refractivity contribution < 1.29 is 14.3 Å². The average molecular weight is 299 g/mol. The number of carbonyl (C=O) groups excluding carboxylic acids is 1. The molecule has 1 atom stereocenters. The molecule has 1 saturated heterocycles. The molecule has 0 saturated carbocycles. The Balaban J connectivity index is 1.73. The van der Waals surface area contributed by atoms with Gasteiger partial charge in [0.05, 0.1) is 13.2 Å². The van der Waals surface area contributed by atoms with E-state index in [-0.39, 0.29) is 18.3 Å². The third-order valence-corrected chi connectivity index (χ3v) is 3.28. The lowest BCUT2D eigenvalue weighted by atomic mass is 10.0. The zero-order valence-electron chi connectivity index (χ0n) is 9.52. The van der Waals surface area contributed by atoms with Crippen LogP contribution >= 0.6 is 15.9 Å². The summed E-state index contributed by atoms with van der Waals surface area (Å²) >= 11 is 3.40. The Morgan fingerprint density at radius 3 is 3.12 bits per heavy atom. The van der Waals surface area contributed by atoms with Crippen molar-refractivity contribution in [2.75, 3.05) is 19.8 Å². The molecule has 0 aliphatic carbocycles. The first-order chi connectivity index (χ1) is 8.25. The first-order valence-electron chi connectivity index (χ1n) is 5.68. The van der Waals surface area contributed by atoms with Crippen LogP contribution in [0, 0.1) is 5.92 Å². The van der Waals surface area contributed by atoms with Crippen LogP contribution in [0.3, 0.4) is 0 Å². The Morgan fingerprint density at radius 1 is 1.53 bits per heavy atom. The van der Waals surface area contributed by atoms with E-state index in [0.29, 0.717) is 19.8 Å². The van der Waals surface area contributed by atoms with E-state index in [1.807, 2.05) is 24.3 Å². The third-order valence-electron chi connectivity index (χ3n) is 2.79. The van der Waals surface area contributed by atoms with Crippen LogP contribution in [0.15, 0.2) is 28.7 Å². The Kier molecular flexibility index (Phi) is 4.71. The number of hydrogen-bond acceptors (Lipinski definition) is 3. The Bertz CT molecular complexity index is 386. The minimum atomic E-state index is 0.0394. The zero-order chi connectivity index (χ0) is 12.1. The first-order valence-corrected chi connectivity index (χ1v) is 6.47. The summed E-state index contributed by atoms with van der Waals surface area (Å²) in [6, 6.07) is 7.89. The average Bonchev–Trinajstić information content (AvgIpc) is 2.82. The summed E-state index contributed by atoms with van der Waals surface area (Å²) in [6.07, 6.45) is 0.832. The van der Waals surface area contributed by atoms with Crippen molar-refractivity contribution in [2.45, 2.75) is 13.0 Å². The topological polar surface area (TPSA) is 35.5 Å². The van der Waals surface area contributed by atoms with E-state index < -0.39 is 0 Å². The second kappa shape index (κ2) is 6.28. The Hall–Kier alpha value is -0.710. The lowest BCUT2D eigenvalue weighted by Gasteiger charge is -2.07. The van der Waals surface area contributed by atoms with Gasteiger partial charge in [0.25, 0.3) is 0 Å². The van der Waals surface area contributed by atoms with E-state index >= 15 is 0 Å². The number of hydrogen-bond donors (Lipinski definition) is 0. The Morgan fingerprint density at radius 2 is 2.41 bits per heavy atom. The molecule has 1 aromatic rings. The van der Waals surface area contributed by atoms with E-state index in [4.69, 9.17) is 9.47 Å². The monoisotopic (exact) mass is 298 g/mol. The van der Waals surface area contributed by atoms with Crippen LogP contribution in [0.25, 0.3) is 0 Å². The molecule has 0 N–H and O–H groups in total. The van der Waals surface area contributed by atoms with Crippen molar-refractivity contribution in [3.63, 3.8) is 0 Å². The molecule has 1 aromatic carbocycles. The minimum absolute atomic E-state index is 0.0394. The van der Waals surface area contributed by atoms with Gasteiger partial charge in [-0.1, -0.05) is 28.1 Å². The molecule has 1 unspecified atom stereocenters. The molecule has 1 fully saturated rings. The number of ketones is 1. The van der Waals surface area contributed by atoms with Gasteiger partial charge >= 0.3 is 0 Å². The fraction of sp³-hybridized carbons (Fsp3) is 0.462. The van der Waals surface area contributed by atoms with Crippen LogP contribution in [-0.2, 0) is 20.9 Å².